The number of pyridine rings is 1. The first-order chi connectivity index (χ1) is 10.9. The molecule has 3 rings (SSSR count). The van der Waals surface area contributed by atoms with Gasteiger partial charge in [0.15, 0.2) is 0 Å². The van der Waals surface area contributed by atoms with Crippen LogP contribution in [0.3, 0.4) is 0 Å². The number of nitrogens with zero attached hydrogens (tertiary/aromatic N) is 2. The van der Waals surface area contributed by atoms with Gasteiger partial charge in [-0.15, -0.1) is 11.3 Å². The largest absolute Gasteiger partial charge is 0.417 e. The molecule has 0 N–H and O–H groups in total. The molecule has 0 fully saturated rings. The number of halogens is 4. The van der Waals surface area contributed by atoms with Gasteiger partial charge in [0, 0.05) is 34.8 Å². The van der Waals surface area contributed by atoms with Gasteiger partial charge in [-0.2, -0.15) is 13.2 Å². The molecule has 0 aliphatic carbocycles. The Morgan fingerprint density at radius 2 is 1.96 bits per heavy atom. The number of hydrogen-bond acceptors (Lipinski definition) is 3. The van der Waals surface area contributed by atoms with Crippen LogP contribution in [-0.2, 0) is 12.6 Å². The Hall–Kier alpha value is -1.92. The quantitative estimate of drug-likeness (QED) is 0.623. The predicted molar refractivity (Wildman–Crippen MR) is 84.6 cm³/mol. The fraction of sp³-hybridized carbons (Fsp3) is 0.125. The van der Waals surface area contributed by atoms with Crippen LogP contribution in [0.15, 0.2) is 48.1 Å². The summed E-state index contributed by atoms with van der Waals surface area (Å²) in [5.74, 6) is 0. The van der Waals surface area contributed by atoms with Crippen LogP contribution in [0.4, 0.5) is 13.2 Å². The lowest BCUT2D eigenvalue weighted by Gasteiger charge is -2.07. The van der Waals surface area contributed by atoms with Crippen molar-refractivity contribution < 1.29 is 13.2 Å². The van der Waals surface area contributed by atoms with E-state index in [9.17, 15) is 13.2 Å². The van der Waals surface area contributed by atoms with Crippen molar-refractivity contribution in [2.24, 2.45) is 0 Å². The molecule has 0 aliphatic heterocycles. The van der Waals surface area contributed by atoms with Crippen molar-refractivity contribution in [3.63, 3.8) is 0 Å². The molecule has 0 unspecified atom stereocenters. The first kappa shape index (κ1) is 16.0. The zero-order valence-corrected chi connectivity index (χ0v) is 13.2. The Balaban J connectivity index is 1.82. The summed E-state index contributed by atoms with van der Waals surface area (Å²) in [6.07, 6.45) is -1.83. The molecule has 2 nitrogen and oxygen atoms in total. The second-order valence-corrected chi connectivity index (χ2v) is 6.27. The molecule has 3 aromatic rings. The Morgan fingerprint density at radius 1 is 1.13 bits per heavy atom. The molecule has 0 spiro atoms. The molecule has 0 aliphatic rings. The molecule has 0 saturated heterocycles. The maximum atomic E-state index is 12.7. The van der Waals surface area contributed by atoms with Crippen LogP contribution in [0, 0.1) is 0 Å². The van der Waals surface area contributed by atoms with Crippen LogP contribution < -0.4 is 0 Å². The normalized spacial score (nSPS) is 11.7. The summed E-state index contributed by atoms with van der Waals surface area (Å²) in [6.45, 7) is 0. The van der Waals surface area contributed by atoms with Crippen molar-refractivity contribution in [2.45, 2.75) is 12.6 Å². The fourth-order valence-corrected chi connectivity index (χ4v) is 3.11. The van der Waals surface area contributed by atoms with E-state index in [4.69, 9.17) is 11.6 Å². The van der Waals surface area contributed by atoms with Gasteiger partial charge in [0.2, 0.25) is 0 Å². The SMILES string of the molecule is FC(F)(F)c1cncc(Cc2nc(-c3cccc(Cl)c3)cs2)c1. The van der Waals surface area contributed by atoms with Crippen LogP contribution >= 0.6 is 22.9 Å². The third-order valence-corrected chi connectivity index (χ3v) is 4.23. The average molecular weight is 355 g/mol. The van der Waals surface area contributed by atoms with Crippen molar-refractivity contribution in [3.8, 4) is 11.3 Å². The van der Waals surface area contributed by atoms with E-state index in [0.29, 0.717) is 17.0 Å². The van der Waals surface area contributed by atoms with Crippen molar-refractivity contribution in [2.75, 3.05) is 0 Å². The lowest BCUT2D eigenvalue weighted by Crippen LogP contribution is -2.06. The maximum absolute atomic E-state index is 12.7. The van der Waals surface area contributed by atoms with Gasteiger partial charge in [-0.05, 0) is 23.8 Å². The molecule has 0 amide bonds. The molecular formula is C16H10ClF3N2S. The summed E-state index contributed by atoms with van der Waals surface area (Å²) in [5.41, 5.74) is 1.36. The number of hydrogen-bond donors (Lipinski definition) is 0. The van der Waals surface area contributed by atoms with Crippen molar-refractivity contribution >= 4 is 22.9 Å². The van der Waals surface area contributed by atoms with E-state index in [0.717, 1.165) is 28.5 Å². The summed E-state index contributed by atoms with van der Waals surface area (Å²) in [5, 5.41) is 3.20. The Kier molecular flexibility index (Phi) is 4.37. The maximum Gasteiger partial charge on any atom is 0.417 e. The van der Waals surface area contributed by atoms with Crippen molar-refractivity contribution in [3.05, 3.63) is 69.3 Å². The Labute approximate surface area is 139 Å². The number of benzene rings is 1. The van der Waals surface area contributed by atoms with Gasteiger partial charge in [-0.3, -0.25) is 4.98 Å². The minimum Gasteiger partial charge on any atom is -0.264 e. The second-order valence-electron chi connectivity index (χ2n) is 4.89. The third-order valence-electron chi connectivity index (χ3n) is 3.15. The van der Waals surface area contributed by atoms with Gasteiger partial charge in [0.05, 0.1) is 16.3 Å². The van der Waals surface area contributed by atoms with Crippen LogP contribution in [0.5, 0.6) is 0 Å². The molecule has 0 saturated carbocycles. The molecule has 1 aromatic carbocycles. The fourth-order valence-electron chi connectivity index (χ4n) is 2.09. The number of thiazole rings is 1. The minimum atomic E-state index is -4.39. The number of aromatic nitrogens is 2. The first-order valence-electron chi connectivity index (χ1n) is 6.63. The summed E-state index contributed by atoms with van der Waals surface area (Å²) in [7, 11) is 0. The summed E-state index contributed by atoms with van der Waals surface area (Å²) >= 11 is 7.35. The van der Waals surface area contributed by atoms with E-state index in [1.165, 1.54) is 17.5 Å². The standard InChI is InChI=1S/C16H10ClF3N2S/c17-13-3-1-2-11(6-13)14-9-23-15(22-14)5-10-4-12(8-21-7-10)16(18,19)20/h1-4,6-9H,5H2. The Bertz CT molecular complexity index is 830. The molecule has 7 heteroatoms. The number of rotatable bonds is 3. The highest BCUT2D eigenvalue weighted by molar-refractivity contribution is 7.10. The minimum absolute atomic E-state index is 0.308. The lowest BCUT2D eigenvalue weighted by molar-refractivity contribution is -0.137. The summed E-state index contributed by atoms with van der Waals surface area (Å²) in [4.78, 5) is 8.12. The van der Waals surface area contributed by atoms with Gasteiger partial charge in [0.25, 0.3) is 0 Å². The summed E-state index contributed by atoms with van der Waals surface area (Å²) in [6, 6.07) is 8.39. The lowest BCUT2D eigenvalue weighted by atomic mass is 10.1. The highest BCUT2D eigenvalue weighted by Gasteiger charge is 2.31. The number of alkyl halides is 3. The van der Waals surface area contributed by atoms with Crippen molar-refractivity contribution in [1.82, 2.24) is 9.97 Å². The zero-order chi connectivity index (χ0) is 16.4. The first-order valence-corrected chi connectivity index (χ1v) is 7.89. The van der Waals surface area contributed by atoms with E-state index in [-0.39, 0.29) is 0 Å². The van der Waals surface area contributed by atoms with Gasteiger partial charge < -0.3 is 0 Å². The highest BCUT2D eigenvalue weighted by Crippen LogP contribution is 2.30. The Morgan fingerprint density at radius 3 is 2.70 bits per heavy atom. The van der Waals surface area contributed by atoms with E-state index in [1.807, 2.05) is 17.5 Å². The summed E-state index contributed by atoms with van der Waals surface area (Å²) < 4.78 is 38.1. The molecule has 23 heavy (non-hydrogen) atoms. The monoisotopic (exact) mass is 354 g/mol. The molecule has 2 aromatic heterocycles. The molecule has 0 bridgehead atoms. The van der Waals surface area contributed by atoms with Crippen LogP contribution in [0.1, 0.15) is 16.1 Å². The average Bonchev–Trinajstić information content (AvgIpc) is 2.95. The molecule has 2 heterocycles. The third kappa shape index (κ3) is 3.89. The van der Waals surface area contributed by atoms with Crippen molar-refractivity contribution in [1.29, 1.82) is 0 Å². The zero-order valence-electron chi connectivity index (χ0n) is 11.6. The van der Waals surface area contributed by atoms with E-state index in [2.05, 4.69) is 9.97 Å². The van der Waals surface area contributed by atoms with E-state index < -0.39 is 11.7 Å². The van der Waals surface area contributed by atoms with Gasteiger partial charge >= 0.3 is 6.18 Å². The predicted octanol–water partition coefficient (Wildman–Crippen LogP) is 5.47. The highest BCUT2D eigenvalue weighted by atomic mass is 35.5. The van der Waals surface area contributed by atoms with Gasteiger partial charge in [-0.25, -0.2) is 4.98 Å². The van der Waals surface area contributed by atoms with Gasteiger partial charge in [0.1, 0.15) is 0 Å². The van der Waals surface area contributed by atoms with Crippen LogP contribution in [0.2, 0.25) is 5.02 Å². The molecule has 0 atom stereocenters. The molecule has 0 radical (unpaired) electrons. The van der Waals surface area contributed by atoms with E-state index in [1.54, 1.807) is 12.1 Å². The van der Waals surface area contributed by atoms with Gasteiger partial charge in [-0.1, -0.05) is 23.7 Å². The van der Waals surface area contributed by atoms with Crippen LogP contribution in [0.25, 0.3) is 11.3 Å². The molecular weight excluding hydrogens is 345 g/mol. The van der Waals surface area contributed by atoms with Crippen LogP contribution in [-0.4, -0.2) is 9.97 Å². The molecule has 118 valence electrons. The topological polar surface area (TPSA) is 25.8 Å². The smallest absolute Gasteiger partial charge is 0.264 e. The second kappa shape index (κ2) is 6.29. The van der Waals surface area contributed by atoms with E-state index >= 15 is 0 Å².